The summed E-state index contributed by atoms with van der Waals surface area (Å²) in [7, 11) is 0. The normalized spacial score (nSPS) is 13.5. The minimum Gasteiger partial charge on any atom is -0.493 e. The molecule has 0 radical (unpaired) electrons. The van der Waals surface area contributed by atoms with Crippen LogP contribution in [0.3, 0.4) is 0 Å². The maximum Gasteiger partial charge on any atom is 0.334 e. The molecule has 146 valence electrons. The van der Waals surface area contributed by atoms with Crippen LogP contribution in [0.1, 0.15) is 18.4 Å². The molecule has 0 spiro atoms. The summed E-state index contributed by atoms with van der Waals surface area (Å²) >= 11 is 0. The monoisotopic (exact) mass is 387 g/mol. The molecule has 0 atom stereocenters. The highest BCUT2D eigenvalue weighted by Crippen LogP contribution is 2.29. The van der Waals surface area contributed by atoms with Crippen molar-refractivity contribution in [2.45, 2.75) is 19.4 Å². The van der Waals surface area contributed by atoms with E-state index in [0.29, 0.717) is 18.3 Å². The van der Waals surface area contributed by atoms with Crippen LogP contribution in [-0.2, 0) is 6.54 Å². The highest BCUT2D eigenvalue weighted by Gasteiger charge is 2.21. The standard InChI is InChI=1S/C22H21N5O2/c28-22-26(14-17-2-1-3-20(10-17)29-15-16-4-5-16)8-9-27(22)21-7-6-18(11-23-21)19-12-24-25-13-19/h1-3,6-13,16H,4-5,14-15H2,(H,24,25). The van der Waals surface area contributed by atoms with Crippen LogP contribution in [-0.4, -0.2) is 30.9 Å². The predicted molar refractivity (Wildman–Crippen MR) is 109 cm³/mol. The Morgan fingerprint density at radius 2 is 2.03 bits per heavy atom. The summed E-state index contributed by atoms with van der Waals surface area (Å²) in [5, 5.41) is 6.73. The molecule has 7 heteroatoms. The van der Waals surface area contributed by atoms with E-state index in [2.05, 4.69) is 15.2 Å². The maximum absolute atomic E-state index is 12.8. The molecule has 29 heavy (non-hydrogen) atoms. The number of benzene rings is 1. The van der Waals surface area contributed by atoms with E-state index in [9.17, 15) is 4.79 Å². The summed E-state index contributed by atoms with van der Waals surface area (Å²) in [5.41, 5.74) is 2.80. The van der Waals surface area contributed by atoms with Crippen LogP contribution in [0.5, 0.6) is 5.75 Å². The summed E-state index contributed by atoms with van der Waals surface area (Å²) < 4.78 is 9.07. The van der Waals surface area contributed by atoms with E-state index >= 15 is 0 Å². The lowest BCUT2D eigenvalue weighted by atomic mass is 10.2. The van der Waals surface area contributed by atoms with Crippen LogP contribution >= 0.6 is 0 Å². The van der Waals surface area contributed by atoms with Crippen molar-refractivity contribution in [3.8, 4) is 22.7 Å². The molecule has 7 nitrogen and oxygen atoms in total. The number of aromatic nitrogens is 5. The van der Waals surface area contributed by atoms with Crippen LogP contribution in [0.4, 0.5) is 0 Å². The molecule has 1 fully saturated rings. The molecule has 1 aliphatic carbocycles. The van der Waals surface area contributed by atoms with Crippen LogP contribution in [0.25, 0.3) is 16.9 Å². The number of nitrogens with one attached hydrogen (secondary N) is 1. The second kappa shape index (κ2) is 7.43. The highest BCUT2D eigenvalue weighted by atomic mass is 16.5. The van der Waals surface area contributed by atoms with Gasteiger partial charge in [-0.2, -0.15) is 5.10 Å². The first-order valence-corrected chi connectivity index (χ1v) is 9.71. The molecule has 4 aromatic rings. The topological polar surface area (TPSA) is 77.7 Å². The molecule has 1 saturated carbocycles. The molecular formula is C22H21N5O2. The third-order valence-electron chi connectivity index (χ3n) is 5.11. The molecule has 1 aromatic carbocycles. The third kappa shape index (κ3) is 3.85. The smallest absolute Gasteiger partial charge is 0.334 e. The van der Waals surface area contributed by atoms with Gasteiger partial charge < -0.3 is 4.74 Å². The van der Waals surface area contributed by atoms with Gasteiger partial charge in [-0.3, -0.25) is 14.2 Å². The fourth-order valence-electron chi connectivity index (χ4n) is 3.24. The van der Waals surface area contributed by atoms with E-state index < -0.39 is 0 Å². The van der Waals surface area contributed by atoms with Gasteiger partial charge in [-0.25, -0.2) is 9.78 Å². The quantitative estimate of drug-likeness (QED) is 0.528. The predicted octanol–water partition coefficient (Wildman–Crippen LogP) is 3.26. The lowest BCUT2D eigenvalue weighted by Crippen LogP contribution is -2.23. The molecular weight excluding hydrogens is 366 g/mol. The first-order valence-electron chi connectivity index (χ1n) is 9.71. The first kappa shape index (κ1) is 17.5. The second-order valence-electron chi connectivity index (χ2n) is 7.37. The lowest BCUT2D eigenvalue weighted by molar-refractivity contribution is 0.299. The Bertz CT molecular complexity index is 1150. The number of pyridine rings is 1. The Morgan fingerprint density at radius 1 is 1.10 bits per heavy atom. The van der Waals surface area contributed by atoms with Crippen molar-refractivity contribution in [2.24, 2.45) is 5.92 Å². The van der Waals surface area contributed by atoms with Gasteiger partial charge in [0.2, 0.25) is 0 Å². The fraction of sp³-hybridized carbons (Fsp3) is 0.227. The molecule has 0 unspecified atom stereocenters. The zero-order valence-corrected chi connectivity index (χ0v) is 15.9. The summed E-state index contributed by atoms with van der Waals surface area (Å²) in [5.74, 6) is 2.16. The Labute approximate surface area is 167 Å². The van der Waals surface area contributed by atoms with Gasteiger partial charge in [-0.1, -0.05) is 12.1 Å². The van der Waals surface area contributed by atoms with Gasteiger partial charge >= 0.3 is 5.69 Å². The molecule has 0 aliphatic heterocycles. The van der Waals surface area contributed by atoms with Crippen molar-refractivity contribution >= 4 is 0 Å². The van der Waals surface area contributed by atoms with E-state index in [0.717, 1.165) is 29.0 Å². The number of hydrogen-bond donors (Lipinski definition) is 1. The Hall–Kier alpha value is -3.61. The van der Waals surface area contributed by atoms with Crippen LogP contribution in [0.2, 0.25) is 0 Å². The number of nitrogens with zero attached hydrogens (tertiary/aromatic N) is 4. The summed E-state index contributed by atoms with van der Waals surface area (Å²) in [6.07, 6.45) is 11.3. The minimum atomic E-state index is -0.127. The van der Waals surface area contributed by atoms with E-state index in [1.807, 2.05) is 42.6 Å². The largest absolute Gasteiger partial charge is 0.493 e. The van der Waals surface area contributed by atoms with Crippen molar-refractivity contribution in [1.82, 2.24) is 24.3 Å². The number of H-pyrrole nitrogens is 1. The second-order valence-corrected chi connectivity index (χ2v) is 7.37. The van der Waals surface area contributed by atoms with Crippen molar-refractivity contribution in [1.29, 1.82) is 0 Å². The van der Waals surface area contributed by atoms with Crippen molar-refractivity contribution in [2.75, 3.05) is 6.61 Å². The highest BCUT2D eigenvalue weighted by molar-refractivity contribution is 5.60. The average Bonchev–Trinajstić information content (AvgIpc) is 3.28. The van der Waals surface area contributed by atoms with Gasteiger partial charge in [-0.15, -0.1) is 0 Å². The van der Waals surface area contributed by atoms with E-state index in [-0.39, 0.29) is 5.69 Å². The SMILES string of the molecule is O=c1n(Cc2cccc(OCC3CC3)c2)ccn1-c1ccc(-c2cn[nH]c2)cn1. The Balaban J connectivity index is 1.33. The van der Waals surface area contributed by atoms with Crippen LogP contribution in [0, 0.1) is 5.92 Å². The van der Waals surface area contributed by atoms with Gasteiger partial charge in [-0.05, 0) is 48.6 Å². The fourth-order valence-corrected chi connectivity index (χ4v) is 3.24. The van der Waals surface area contributed by atoms with Gasteiger partial charge in [0.05, 0.1) is 19.3 Å². The van der Waals surface area contributed by atoms with Crippen molar-refractivity contribution < 1.29 is 4.74 Å². The number of aromatic amines is 1. The minimum absolute atomic E-state index is 0.127. The number of hydrogen-bond acceptors (Lipinski definition) is 4. The molecule has 0 saturated heterocycles. The molecule has 5 rings (SSSR count). The molecule has 3 aromatic heterocycles. The van der Waals surface area contributed by atoms with Gasteiger partial charge in [0.25, 0.3) is 0 Å². The van der Waals surface area contributed by atoms with E-state index in [4.69, 9.17) is 4.74 Å². The number of ether oxygens (including phenoxy) is 1. The molecule has 1 N–H and O–H groups in total. The average molecular weight is 387 g/mol. The summed E-state index contributed by atoms with van der Waals surface area (Å²) in [6.45, 7) is 1.26. The van der Waals surface area contributed by atoms with Crippen molar-refractivity contribution in [3.63, 3.8) is 0 Å². The molecule has 0 amide bonds. The first-order chi connectivity index (χ1) is 14.3. The van der Waals surface area contributed by atoms with Gasteiger partial charge in [0.1, 0.15) is 11.6 Å². The zero-order valence-electron chi connectivity index (χ0n) is 15.9. The molecule has 3 heterocycles. The van der Waals surface area contributed by atoms with E-state index in [1.165, 1.54) is 12.8 Å². The Morgan fingerprint density at radius 3 is 2.79 bits per heavy atom. The van der Waals surface area contributed by atoms with Gasteiger partial charge in [0.15, 0.2) is 0 Å². The summed E-state index contributed by atoms with van der Waals surface area (Å²) in [4.78, 5) is 17.3. The number of rotatable bonds is 7. The van der Waals surface area contributed by atoms with Crippen LogP contribution in [0.15, 0.2) is 72.2 Å². The summed E-state index contributed by atoms with van der Waals surface area (Å²) in [6, 6.07) is 11.7. The lowest BCUT2D eigenvalue weighted by Gasteiger charge is -2.08. The zero-order chi connectivity index (χ0) is 19.6. The van der Waals surface area contributed by atoms with Crippen LogP contribution < -0.4 is 10.4 Å². The maximum atomic E-state index is 12.8. The third-order valence-corrected chi connectivity index (χ3v) is 5.11. The Kier molecular flexibility index (Phi) is 4.48. The number of imidazole rings is 1. The molecule has 0 bridgehead atoms. The molecule has 1 aliphatic rings. The van der Waals surface area contributed by atoms with Gasteiger partial charge in [0, 0.05) is 35.9 Å². The van der Waals surface area contributed by atoms with E-state index in [1.54, 1.807) is 33.9 Å². The van der Waals surface area contributed by atoms with Crippen molar-refractivity contribution in [3.05, 3.63) is 83.4 Å².